The summed E-state index contributed by atoms with van der Waals surface area (Å²) in [6, 6.07) is 73.7. The van der Waals surface area contributed by atoms with E-state index < -0.39 is 10.6 Å². The molecule has 0 bridgehead atoms. The van der Waals surface area contributed by atoms with Gasteiger partial charge in [0.15, 0.2) is 0 Å². The van der Waals surface area contributed by atoms with E-state index in [0.29, 0.717) is 0 Å². The van der Waals surface area contributed by atoms with E-state index in [1.807, 2.05) is 0 Å². The largest absolute Gasteiger partial charge is 0.270 e. The molecule has 0 N–H and O–H groups in total. The molecule has 1 atom stereocenters. The van der Waals surface area contributed by atoms with Crippen molar-refractivity contribution in [3.63, 3.8) is 0 Å². The second kappa shape index (κ2) is 15.6. The fourth-order valence-corrected chi connectivity index (χ4v) is 14.3. The van der Waals surface area contributed by atoms with Gasteiger partial charge in [0, 0.05) is 33.0 Å². The van der Waals surface area contributed by atoms with E-state index in [2.05, 4.69) is 235 Å². The minimum absolute atomic E-state index is 0.238. The highest BCUT2D eigenvalue weighted by Crippen LogP contribution is 2.73. The molecule has 0 radical (unpaired) electrons. The number of fused-ring (bicyclic) bond motifs is 6. The number of aryl methyl sites for hydroxylation is 4. The predicted octanol–water partition coefficient (Wildman–Crippen LogP) is 15.3. The van der Waals surface area contributed by atoms with Crippen LogP contribution in [0.5, 0.6) is 0 Å². The lowest BCUT2D eigenvalue weighted by atomic mass is 9.89. The van der Waals surface area contributed by atoms with Gasteiger partial charge in [-0.25, -0.2) is 0 Å². The molecule has 296 valence electrons. The molecular weight excluding hydrogens is 747 g/mol. The first kappa shape index (κ1) is 37.8. The van der Waals surface area contributed by atoms with E-state index in [-0.39, 0.29) is 5.92 Å². The quantitative estimate of drug-likeness (QED) is 0.172. The van der Waals surface area contributed by atoms with Gasteiger partial charge >= 0.3 is 0 Å². The van der Waals surface area contributed by atoms with E-state index >= 15 is 0 Å². The lowest BCUT2D eigenvalue weighted by molar-refractivity contribution is 0.584. The Morgan fingerprint density at radius 3 is 1.23 bits per heavy atom. The monoisotopic (exact) mass is 797 g/mol. The van der Waals surface area contributed by atoms with Gasteiger partial charge in [0.25, 0.3) is 0 Å². The first-order valence-corrected chi connectivity index (χ1v) is 22.9. The zero-order chi connectivity index (χ0) is 40.8. The first-order valence-electron chi connectivity index (χ1n) is 21.2. The molecule has 0 saturated heterocycles. The molecule has 3 nitrogen and oxygen atoms in total. The molecule has 0 amide bonds. The maximum absolute atomic E-state index is 2.81. The zero-order valence-electron chi connectivity index (χ0n) is 34.9. The summed E-state index contributed by atoms with van der Waals surface area (Å²) in [4.78, 5) is 0. The van der Waals surface area contributed by atoms with E-state index in [0.717, 1.165) is 18.6 Å². The van der Waals surface area contributed by atoms with Crippen LogP contribution in [0.3, 0.4) is 0 Å². The fourth-order valence-electron chi connectivity index (χ4n) is 9.71. The highest BCUT2D eigenvalue weighted by molar-refractivity contribution is 8.37. The molecule has 8 aromatic rings. The van der Waals surface area contributed by atoms with Crippen molar-refractivity contribution in [2.75, 3.05) is 18.7 Å². The summed E-state index contributed by atoms with van der Waals surface area (Å²) >= 11 is 0. The van der Waals surface area contributed by atoms with Crippen LogP contribution in [0.4, 0.5) is 34.1 Å². The number of hydrogen-bond acceptors (Lipinski definition) is 3. The Morgan fingerprint density at radius 1 is 0.400 bits per heavy atom. The molecule has 2 aliphatic rings. The topological polar surface area (TPSA) is 9.72 Å². The predicted molar refractivity (Wildman–Crippen MR) is 258 cm³/mol. The number of hydrogen-bond donors (Lipinski definition) is 0. The zero-order valence-corrected chi connectivity index (χ0v) is 35.7. The molecule has 2 heterocycles. The highest BCUT2D eigenvalue weighted by Gasteiger charge is 2.51. The van der Waals surface area contributed by atoms with Crippen molar-refractivity contribution < 1.29 is 0 Å². The molecule has 60 heavy (non-hydrogen) atoms. The third-order valence-corrected chi connectivity index (χ3v) is 16.0. The van der Waals surface area contributed by atoms with E-state index in [9.17, 15) is 0 Å². The van der Waals surface area contributed by atoms with Crippen LogP contribution >= 0.6 is 10.6 Å². The third kappa shape index (κ3) is 6.66. The van der Waals surface area contributed by atoms with Crippen molar-refractivity contribution in [3.8, 4) is 22.3 Å². The summed E-state index contributed by atoms with van der Waals surface area (Å²) in [5, 5.41) is 0. The van der Waals surface area contributed by atoms with E-state index in [1.165, 1.54) is 89.8 Å². The molecule has 0 fully saturated rings. The highest BCUT2D eigenvalue weighted by atomic mass is 32.3. The van der Waals surface area contributed by atoms with Crippen molar-refractivity contribution in [1.82, 2.24) is 0 Å². The molecule has 8 aromatic carbocycles. The molecule has 2 aliphatic heterocycles. The SMILES string of the molecule is Cc1cccc(CC2Cc3ccccc3-c3ccccc3N(c3cccc(C)c3)S3(C2)N(c2cccc(C)c2)c2ccccc2-c2ccccc2N3c2cccc(C)c2)c1. The van der Waals surface area contributed by atoms with Crippen LogP contribution in [0.25, 0.3) is 22.3 Å². The molecule has 0 saturated carbocycles. The van der Waals surface area contributed by atoms with Gasteiger partial charge in [-0.15, -0.1) is 0 Å². The fraction of sp³-hybridized carbons (Fsp3) is 0.143. The molecule has 1 spiro atoms. The number of benzene rings is 8. The van der Waals surface area contributed by atoms with Crippen LogP contribution in [0.2, 0.25) is 0 Å². The minimum Gasteiger partial charge on any atom is -0.270 e. The average Bonchev–Trinajstić information content (AvgIpc) is 3.31. The normalized spacial score (nSPS) is 16.0. The molecule has 10 rings (SSSR count). The lowest BCUT2D eigenvalue weighted by Crippen LogP contribution is -2.48. The maximum Gasteiger partial charge on any atom is 0.0620 e. The average molecular weight is 798 g/mol. The van der Waals surface area contributed by atoms with Gasteiger partial charge in [-0.05, 0) is 134 Å². The molecule has 0 aromatic heterocycles. The summed E-state index contributed by atoms with van der Waals surface area (Å²) in [5.41, 5.74) is 19.9. The molecular formula is C56H51N3S. The van der Waals surface area contributed by atoms with Crippen molar-refractivity contribution >= 4 is 44.7 Å². The Kier molecular flexibility index (Phi) is 9.82. The third-order valence-electron chi connectivity index (χ3n) is 12.1. The summed E-state index contributed by atoms with van der Waals surface area (Å²) < 4.78 is 8.41. The van der Waals surface area contributed by atoms with Crippen LogP contribution in [0.15, 0.2) is 194 Å². The molecule has 0 aliphatic carbocycles. The van der Waals surface area contributed by atoms with Crippen molar-refractivity contribution in [1.29, 1.82) is 0 Å². The smallest absolute Gasteiger partial charge is 0.0620 e. The Morgan fingerprint density at radius 2 is 0.783 bits per heavy atom. The number of nitrogens with zero attached hydrogens (tertiary/aromatic N) is 3. The number of anilines is 6. The Balaban J connectivity index is 1.44. The second-order valence-corrected chi connectivity index (χ2v) is 19.4. The standard InChI is InChI=1S/C56H51N3S/c1-40-17-13-21-44(33-40)37-45-38-46-22-5-6-26-50(46)51-27-7-10-30-54(51)57(47-23-14-18-41(2)34-47)60(39-45)58(48-24-15-19-42(3)35-48)55-31-11-8-28-52(55)53-29-9-12-32-56(53)59(60)49-25-16-20-43(4)36-49/h5-36,45H,37-39H2,1-4H3. The lowest BCUT2D eigenvalue weighted by Gasteiger charge is -2.62. The first-order chi connectivity index (χ1) is 29.4. The van der Waals surface area contributed by atoms with E-state index in [4.69, 9.17) is 0 Å². The van der Waals surface area contributed by atoms with Crippen LogP contribution in [-0.4, -0.2) is 5.75 Å². The maximum atomic E-state index is 2.81. The Bertz CT molecular complexity index is 2770. The summed E-state index contributed by atoms with van der Waals surface area (Å²) in [6.45, 7) is 8.92. The minimum atomic E-state index is -2.49. The van der Waals surface area contributed by atoms with Gasteiger partial charge in [0.2, 0.25) is 0 Å². The van der Waals surface area contributed by atoms with Crippen LogP contribution in [0.1, 0.15) is 33.4 Å². The summed E-state index contributed by atoms with van der Waals surface area (Å²) in [6.07, 6.45) is 1.87. The summed E-state index contributed by atoms with van der Waals surface area (Å²) in [7, 11) is -2.49. The van der Waals surface area contributed by atoms with Gasteiger partial charge in [-0.3, -0.25) is 12.9 Å². The second-order valence-electron chi connectivity index (χ2n) is 16.7. The molecule has 1 unspecified atom stereocenters. The Hall–Kier alpha value is -6.49. The van der Waals surface area contributed by atoms with Gasteiger partial charge in [0.05, 0.1) is 34.1 Å². The van der Waals surface area contributed by atoms with Gasteiger partial charge in [-0.2, -0.15) is 0 Å². The van der Waals surface area contributed by atoms with Crippen LogP contribution < -0.4 is 12.9 Å². The van der Waals surface area contributed by atoms with Gasteiger partial charge in [-0.1, -0.05) is 145 Å². The summed E-state index contributed by atoms with van der Waals surface area (Å²) in [5.74, 6) is 1.10. The van der Waals surface area contributed by atoms with Crippen LogP contribution in [-0.2, 0) is 12.8 Å². The van der Waals surface area contributed by atoms with Gasteiger partial charge < -0.3 is 0 Å². The Labute approximate surface area is 357 Å². The van der Waals surface area contributed by atoms with Gasteiger partial charge in [0.1, 0.15) is 0 Å². The van der Waals surface area contributed by atoms with Crippen LogP contribution in [0, 0.1) is 33.6 Å². The van der Waals surface area contributed by atoms with Crippen molar-refractivity contribution in [3.05, 3.63) is 228 Å². The van der Waals surface area contributed by atoms with Crippen molar-refractivity contribution in [2.24, 2.45) is 5.92 Å². The molecule has 4 heteroatoms. The van der Waals surface area contributed by atoms with E-state index in [1.54, 1.807) is 0 Å². The van der Waals surface area contributed by atoms with Crippen molar-refractivity contribution in [2.45, 2.75) is 40.5 Å². The number of rotatable bonds is 5. The number of para-hydroxylation sites is 3.